The van der Waals surface area contributed by atoms with Crippen LogP contribution in [0.5, 0.6) is 11.5 Å². The Bertz CT molecular complexity index is 400. The first-order valence-corrected chi connectivity index (χ1v) is 7.25. The van der Waals surface area contributed by atoms with E-state index < -0.39 is 0 Å². The second-order valence-corrected chi connectivity index (χ2v) is 5.27. The number of rotatable bonds is 6. The van der Waals surface area contributed by atoms with Crippen LogP contribution in [0.3, 0.4) is 0 Å². The lowest BCUT2D eigenvalue weighted by atomic mass is 9.92. The van der Waals surface area contributed by atoms with E-state index in [1.807, 2.05) is 18.2 Å². The number of ether oxygens (including phenoxy) is 3. The Morgan fingerprint density at radius 2 is 1.65 bits per heavy atom. The third-order valence-corrected chi connectivity index (χ3v) is 3.98. The fraction of sp³-hybridized carbons (Fsp3) is 0.625. The number of hydrogen-bond donors (Lipinski definition) is 1. The maximum atomic E-state index is 5.57. The van der Waals surface area contributed by atoms with E-state index in [1.165, 1.54) is 24.8 Å². The molecule has 4 nitrogen and oxygen atoms in total. The first-order chi connectivity index (χ1) is 9.76. The monoisotopic (exact) mass is 279 g/mol. The van der Waals surface area contributed by atoms with Crippen LogP contribution >= 0.6 is 0 Å². The molecule has 0 aromatic heterocycles. The SMILES string of the molecule is COc1cc(CN[C@@H]2CCCC[C@H]2OC)cc(OC)c1. The quantitative estimate of drug-likeness (QED) is 0.869. The minimum atomic E-state index is 0.330. The topological polar surface area (TPSA) is 39.7 Å². The molecule has 0 aliphatic heterocycles. The van der Waals surface area contributed by atoms with E-state index in [1.54, 1.807) is 21.3 Å². The van der Waals surface area contributed by atoms with Gasteiger partial charge in [0.05, 0.1) is 20.3 Å². The Labute approximate surface area is 121 Å². The highest BCUT2D eigenvalue weighted by Gasteiger charge is 2.24. The van der Waals surface area contributed by atoms with Crippen LogP contribution in [-0.4, -0.2) is 33.5 Å². The van der Waals surface area contributed by atoms with Crippen LogP contribution in [0.15, 0.2) is 18.2 Å². The minimum absolute atomic E-state index is 0.330. The van der Waals surface area contributed by atoms with Crippen molar-refractivity contribution < 1.29 is 14.2 Å². The van der Waals surface area contributed by atoms with E-state index in [0.717, 1.165) is 24.5 Å². The fourth-order valence-corrected chi connectivity index (χ4v) is 2.83. The first kappa shape index (κ1) is 15.1. The molecule has 2 rings (SSSR count). The predicted molar refractivity (Wildman–Crippen MR) is 79.4 cm³/mol. The zero-order valence-corrected chi connectivity index (χ0v) is 12.6. The molecule has 112 valence electrons. The Hall–Kier alpha value is -1.26. The molecule has 0 saturated heterocycles. The highest BCUT2D eigenvalue weighted by atomic mass is 16.5. The average Bonchev–Trinajstić information content (AvgIpc) is 2.52. The minimum Gasteiger partial charge on any atom is -0.497 e. The standard InChI is InChI=1S/C16H25NO3/c1-18-13-8-12(9-14(10-13)19-2)11-17-15-6-4-5-7-16(15)20-3/h8-10,15-17H,4-7,11H2,1-3H3/t15-,16-/m1/s1. The summed E-state index contributed by atoms with van der Waals surface area (Å²) in [4.78, 5) is 0. The van der Waals surface area contributed by atoms with Gasteiger partial charge in [-0.1, -0.05) is 12.8 Å². The zero-order chi connectivity index (χ0) is 14.4. The van der Waals surface area contributed by atoms with Gasteiger partial charge in [0.1, 0.15) is 11.5 Å². The van der Waals surface area contributed by atoms with Gasteiger partial charge in [0.25, 0.3) is 0 Å². The average molecular weight is 279 g/mol. The molecule has 0 unspecified atom stereocenters. The van der Waals surface area contributed by atoms with Crippen LogP contribution in [0, 0.1) is 0 Å². The Kier molecular flexibility index (Phi) is 5.68. The van der Waals surface area contributed by atoms with Gasteiger partial charge in [-0.15, -0.1) is 0 Å². The Balaban J connectivity index is 1.98. The van der Waals surface area contributed by atoms with Crippen LogP contribution in [0.25, 0.3) is 0 Å². The third-order valence-electron chi connectivity index (χ3n) is 3.98. The molecule has 0 radical (unpaired) electrons. The van der Waals surface area contributed by atoms with Crippen molar-refractivity contribution in [2.75, 3.05) is 21.3 Å². The number of benzene rings is 1. The molecule has 1 aromatic rings. The summed E-state index contributed by atoms with van der Waals surface area (Å²) in [5.74, 6) is 1.65. The zero-order valence-electron chi connectivity index (χ0n) is 12.6. The van der Waals surface area contributed by atoms with E-state index in [0.29, 0.717) is 12.1 Å². The summed E-state index contributed by atoms with van der Waals surface area (Å²) in [6, 6.07) is 6.41. The first-order valence-electron chi connectivity index (χ1n) is 7.25. The largest absolute Gasteiger partial charge is 0.497 e. The molecule has 1 aromatic carbocycles. The van der Waals surface area contributed by atoms with Gasteiger partial charge in [-0.2, -0.15) is 0 Å². The lowest BCUT2D eigenvalue weighted by Gasteiger charge is -2.31. The molecule has 20 heavy (non-hydrogen) atoms. The summed E-state index contributed by atoms with van der Waals surface area (Å²) < 4.78 is 16.2. The van der Waals surface area contributed by atoms with Gasteiger partial charge >= 0.3 is 0 Å². The van der Waals surface area contributed by atoms with Gasteiger partial charge in [0, 0.05) is 25.8 Å². The van der Waals surface area contributed by atoms with E-state index in [-0.39, 0.29) is 0 Å². The second kappa shape index (κ2) is 7.50. The van der Waals surface area contributed by atoms with Gasteiger partial charge in [0.15, 0.2) is 0 Å². The molecular weight excluding hydrogens is 254 g/mol. The molecule has 0 amide bonds. The van der Waals surface area contributed by atoms with Crippen molar-refractivity contribution in [3.05, 3.63) is 23.8 Å². The molecule has 1 aliphatic carbocycles. The van der Waals surface area contributed by atoms with Crippen molar-refractivity contribution in [1.82, 2.24) is 5.32 Å². The number of nitrogens with one attached hydrogen (secondary N) is 1. The summed E-state index contributed by atoms with van der Waals surface area (Å²) >= 11 is 0. The lowest BCUT2D eigenvalue weighted by molar-refractivity contribution is 0.0413. The maximum absolute atomic E-state index is 5.57. The van der Waals surface area contributed by atoms with Crippen molar-refractivity contribution in [2.45, 2.75) is 44.4 Å². The Morgan fingerprint density at radius 3 is 2.25 bits per heavy atom. The van der Waals surface area contributed by atoms with Gasteiger partial charge in [-0.3, -0.25) is 0 Å². The summed E-state index contributed by atoms with van der Waals surface area (Å²) in [5, 5.41) is 3.61. The predicted octanol–water partition coefficient (Wildman–Crippen LogP) is 2.75. The van der Waals surface area contributed by atoms with Crippen molar-refractivity contribution in [2.24, 2.45) is 0 Å². The van der Waals surface area contributed by atoms with Crippen molar-refractivity contribution >= 4 is 0 Å². The molecule has 1 saturated carbocycles. The molecular formula is C16H25NO3. The molecule has 0 bridgehead atoms. The van der Waals surface area contributed by atoms with E-state index in [2.05, 4.69) is 5.32 Å². The molecule has 1 fully saturated rings. The van der Waals surface area contributed by atoms with Crippen LogP contribution in [0.4, 0.5) is 0 Å². The Morgan fingerprint density at radius 1 is 1.00 bits per heavy atom. The molecule has 2 atom stereocenters. The summed E-state index contributed by atoms with van der Waals surface area (Å²) in [7, 11) is 5.15. The van der Waals surface area contributed by atoms with Crippen molar-refractivity contribution in [3.8, 4) is 11.5 Å². The van der Waals surface area contributed by atoms with Gasteiger partial charge < -0.3 is 19.5 Å². The van der Waals surface area contributed by atoms with Crippen LogP contribution in [0.1, 0.15) is 31.2 Å². The van der Waals surface area contributed by atoms with E-state index in [4.69, 9.17) is 14.2 Å². The maximum Gasteiger partial charge on any atom is 0.122 e. The fourth-order valence-electron chi connectivity index (χ4n) is 2.83. The van der Waals surface area contributed by atoms with E-state index in [9.17, 15) is 0 Å². The lowest BCUT2D eigenvalue weighted by Crippen LogP contribution is -2.42. The van der Waals surface area contributed by atoms with Crippen molar-refractivity contribution in [3.63, 3.8) is 0 Å². The third kappa shape index (κ3) is 3.87. The number of hydrogen-bond acceptors (Lipinski definition) is 4. The second-order valence-electron chi connectivity index (χ2n) is 5.27. The van der Waals surface area contributed by atoms with Crippen molar-refractivity contribution in [1.29, 1.82) is 0 Å². The smallest absolute Gasteiger partial charge is 0.122 e. The highest BCUT2D eigenvalue weighted by Crippen LogP contribution is 2.24. The molecule has 0 spiro atoms. The summed E-state index contributed by atoms with van der Waals surface area (Å²) in [5.41, 5.74) is 1.17. The van der Waals surface area contributed by atoms with Gasteiger partial charge in [-0.25, -0.2) is 0 Å². The number of methoxy groups -OCH3 is 3. The molecule has 1 aliphatic rings. The molecule has 1 N–H and O–H groups in total. The molecule has 0 heterocycles. The normalized spacial score (nSPS) is 22.6. The van der Waals surface area contributed by atoms with Gasteiger partial charge in [0.2, 0.25) is 0 Å². The summed E-state index contributed by atoms with van der Waals surface area (Å²) in [6.07, 6.45) is 5.20. The molecule has 4 heteroatoms. The van der Waals surface area contributed by atoms with E-state index >= 15 is 0 Å². The van der Waals surface area contributed by atoms with Gasteiger partial charge in [-0.05, 0) is 30.5 Å². The van der Waals surface area contributed by atoms with Crippen LogP contribution in [0.2, 0.25) is 0 Å². The highest BCUT2D eigenvalue weighted by molar-refractivity contribution is 5.38. The summed E-state index contributed by atoms with van der Waals surface area (Å²) in [6.45, 7) is 0.804. The van der Waals surface area contributed by atoms with Crippen LogP contribution in [-0.2, 0) is 11.3 Å². The van der Waals surface area contributed by atoms with Crippen LogP contribution < -0.4 is 14.8 Å².